The van der Waals surface area contributed by atoms with Gasteiger partial charge in [0.2, 0.25) is 0 Å². The van der Waals surface area contributed by atoms with E-state index in [1.807, 2.05) is 76.5 Å². The van der Waals surface area contributed by atoms with Gasteiger partial charge in [-0.25, -0.2) is 4.79 Å². The van der Waals surface area contributed by atoms with E-state index in [1.165, 1.54) is 11.3 Å². The molecule has 0 aliphatic rings. The van der Waals surface area contributed by atoms with Gasteiger partial charge in [0, 0.05) is 24.2 Å². The van der Waals surface area contributed by atoms with E-state index >= 15 is 0 Å². The molecular weight excluding hydrogens is 424 g/mol. The van der Waals surface area contributed by atoms with Crippen LogP contribution in [0.25, 0.3) is 11.3 Å². The molecule has 0 aliphatic carbocycles. The van der Waals surface area contributed by atoms with Crippen LogP contribution in [-0.2, 0) is 13.5 Å². The lowest BCUT2D eigenvalue weighted by molar-refractivity contribution is 0.0904. The first-order valence-electron chi connectivity index (χ1n) is 10.5. The average Bonchev–Trinajstić information content (AvgIpc) is 3.30. The summed E-state index contributed by atoms with van der Waals surface area (Å²) in [7, 11) is 1.87. The molecule has 0 saturated heterocycles. The smallest absolute Gasteiger partial charge is 0.404 e. The number of amides is 2. The highest BCUT2D eigenvalue weighted by Crippen LogP contribution is 2.31. The zero-order valence-corrected chi connectivity index (χ0v) is 19.9. The SMILES string of the molecule is Cc1c(-c2ccnn2C)csc1C(=O)NC(Cc1ccccc1)C(NC(=O)O)C(C)(C)C. The van der Waals surface area contributed by atoms with Crippen LogP contribution in [0.1, 0.15) is 41.6 Å². The summed E-state index contributed by atoms with van der Waals surface area (Å²) in [6.07, 6.45) is 1.13. The van der Waals surface area contributed by atoms with Crippen molar-refractivity contribution in [3.8, 4) is 11.3 Å². The number of benzene rings is 1. The summed E-state index contributed by atoms with van der Waals surface area (Å²) in [5, 5.41) is 21.4. The van der Waals surface area contributed by atoms with E-state index in [1.54, 1.807) is 10.9 Å². The number of aryl methyl sites for hydroxylation is 1. The van der Waals surface area contributed by atoms with Crippen LogP contribution < -0.4 is 10.6 Å². The summed E-state index contributed by atoms with van der Waals surface area (Å²) in [5.74, 6) is -0.205. The van der Waals surface area contributed by atoms with Crippen molar-refractivity contribution in [1.82, 2.24) is 20.4 Å². The number of carbonyl (C=O) groups excluding carboxylic acids is 1. The van der Waals surface area contributed by atoms with E-state index in [0.29, 0.717) is 11.3 Å². The molecule has 1 aromatic carbocycles. The number of carboxylic acid groups (broad SMARTS) is 1. The van der Waals surface area contributed by atoms with E-state index in [4.69, 9.17) is 0 Å². The number of thiophene rings is 1. The summed E-state index contributed by atoms with van der Waals surface area (Å²) < 4.78 is 1.78. The summed E-state index contributed by atoms with van der Waals surface area (Å²) in [5.41, 5.74) is 3.41. The van der Waals surface area contributed by atoms with E-state index < -0.39 is 23.6 Å². The number of aromatic nitrogens is 2. The van der Waals surface area contributed by atoms with Gasteiger partial charge in [0.05, 0.1) is 22.7 Å². The fourth-order valence-corrected chi connectivity index (χ4v) is 4.93. The molecule has 3 N–H and O–H groups in total. The number of rotatable bonds is 7. The molecule has 8 heteroatoms. The van der Waals surface area contributed by atoms with Crippen LogP contribution in [0.15, 0.2) is 48.0 Å². The van der Waals surface area contributed by atoms with E-state index in [2.05, 4.69) is 15.7 Å². The highest BCUT2D eigenvalue weighted by molar-refractivity contribution is 7.12. The predicted octanol–water partition coefficient (Wildman–Crippen LogP) is 4.48. The van der Waals surface area contributed by atoms with Crippen molar-refractivity contribution in [2.45, 2.75) is 46.2 Å². The molecule has 0 fully saturated rings. The lowest BCUT2D eigenvalue weighted by Crippen LogP contribution is -2.58. The Hall–Kier alpha value is -3.13. The third-order valence-electron chi connectivity index (χ3n) is 5.57. The quantitative estimate of drug-likeness (QED) is 0.490. The van der Waals surface area contributed by atoms with Crippen molar-refractivity contribution in [1.29, 1.82) is 0 Å². The highest BCUT2D eigenvalue weighted by atomic mass is 32.1. The molecule has 2 unspecified atom stereocenters. The normalized spacial score (nSPS) is 13.4. The van der Waals surface area contributed by atoms with Gasteiger partial charge in [-0.15, -0.1) is 11.3 Å². The first-order valence-corrected chi connectivity index (χ1v) is 11.4. The molecule has 2 heterocycles. The molecule has 0 spiro atoms. The Kier molecular flexibility index (Phi) is 7.03. The zero-order valence-electron chi connectivity index (χ0n) is 19.0. The monoisotopic (exact) mass is 454 g/mol. The van der Waals surface area contributed by atoms with Crippen LogP contribution >= 0.6 is 11.3 Å². The second kappa shape index (κ2) is 9.56. The van der Waals surface area contributed by atoms with Crippen molar-refractivity contribution < 1.29 is 14.7 Å². The van der Waals surface area contributed by atoms with Crippen molar-refractivity contribution in [2.75, 3.05) is 0 Å². The van der Waals surface area contributed by atoms with Gasteiger partial charge in [-0.2, -0.15) is 5.10 Å². The molecule has 0 saturated carbocycles. The van der Waals surface area contributed by atoms with E-state index in [0.717, 1.165) is 22.4 Å². The van der Waals surface area contributed by atoms with Gasteiger partial charge in [-0.3, -0.25) is 9.48 Å². The van der Waals surface area contributed by atoms with Crippen LogP contribution in [0.5, 0.6) is 0 Å². The number of nitrogens with one attached hydrogen (secondary N) is 2. The summed E-state index contributed by atoms with van der Waals surface area (Å²) in [6, 6.07) is 10.8. The predicted molar refractivity (Wildman–Crippen MR) is 127 cm³/mol. The topological polar surface area (TPSA) is 96.3 Å². The molecule has 2 amide bonds. The highest BCUT2D eigenvalue weighted by Gasteiger charge is 2.35. The lowest BCUT2D eigenvalue weighted by atomic mass is 9.80. The van der Waals surface area contributed by atoms with Crippen molar-refractivity contribution in [2.24, 2.45) is 12.5 Å². The Balaban J connectivity index is 1.92. The van der Waals surface area contributed by atoms with Gasteiger partial charge in [-0.1, -0.05) is 51.1 Å². The minimum atomic E-state index is -1.11. The van der Waals surface area contributed by atoms with Crippen LogP contribution in [0, 0.1) is 12.3 Å². The molecule has 0 aliphatic heterocycles. The molecule has 3 aromatic rings. The maximum atomic E-state index is 13.4. The lowest BCUT2D eigenvalue weighted by Gasteiger charge is -2.37. The maximum absolute atomic E-state index is 13.4. The first-order chi connectivity index (χ1) is 15.1. The molecule has 3 rings (SSSR count). The second-order valence-corrected chi connectivity index (χ2v) is 9.89. The Morgan fingerprint density at radius 1 is 1.16 bits per heavy atom. The largest absolute Gasteiger partial charge is 0.465 e. The van der Waals surface area contributed by atoms with Crippen LogP contribution in [0.4, 0.5) is 4.79 Å². The Morgan fingerprint density at radius 2 is 1.84 bits per heavy atom. The maximum Gasteiger partial charge on any atom is 0.404 e. The van der Waals surface area contributed by atoms with Gasteiger partial charge in [0.1, 0.15) is 0 Å². The fourth-order valence-electron chi connectivity index (χ4n) is 3.94. The minimum absolute atomic E-state index is 0.205. The molecule has 7 nitrogen and oxygen atoms in total. The molecule has 170 valence electrons. The van der Waals surface area contributed by atoms with Gasteiger partial charge in [0.25, 0.3) is 5.91 Å². The third-order valence-corrected chi connectivity index (χ3v) is 6.65. The fraction of sp³-hybridized carbons (Fsp3) is 0.375. The van der Waals surface area contributed by atoms with Gasteiger partial charge in [0.15, 0.2) is 0 Å². The zero-order chi connectivity index (χ0) is 23.5. The third kappa shape index (κ3) is 5.37. The second-order valence-electron chi connectivity index (χ2n) is 9.01. The molecule has 2 atom stereocenters. The number of hydrogen-bond donors (Lipinski definition) is 3. The Morgan fingerprint density at radius 3 is 2.41 bits per heavy atom. The molecule has 0 bridgehead atoms. The van der Waals surface area contributed by atoms with E-state index in [9.17, 15) is 14.7 Å². The van der Waals surface area contributed by atoms with Crippen molar-refractivity contribution in [3.05, 3.63) is 64.0 Å². The summed E-state index contributed by atoms with van der Waals surface area (Å²) >= 11 is 1.38. The first kappa shape index (κ1) is 23.5. The van der Waals surface area contributed by atoms with Gasteiger partial charge < -0.3 is 15.7 Å². The molecular formula is C24H30N4O3S. The summed E-state index contributed by atoms with van der Waals surface area (Å²) in [4.78, 5) is 25.5. The van der Waals surface area contributed by atoms with Crippen molar-refractivity contribution >= 4 is 23.3 Å². The Bertz CT molecular complexity index is 1080. The van der Waals surface area contributed by atoms with Crippen LogP contribution in [-0.4, -0.2) is 39.0 Å². The summed E-state index contributed by atoms with van der Waals surface area (Å²) in [6.45, 7) is 7.83. The van der Waals surface area contributed by atoms with Crippen molar-refractivity contribution in [3.63, 3.8) is 0 Å². The molecule has 0 radical (unpaired) electrons. The van der Waals surface area contributed by atoms with Gasteiger partial charge in [-0.05, 0) is 36.0 Å². The van der Waals surface area contributed by atoms with E-state index in [-0.39, 0.29) is 5.91 Å². The number of nitrogens with zero attached hydrogens (tertiary/aromatic N) is 2. The van der Waals surface area contributed by atoms with Crippen LogP contribution in [0.3, 0.4) is 0 Å². The number of hydrogen-bond acceptors (Lipinski definition) is 4. The minimum Gasteiger partial charge on any atom is -0.465 e. The Labute approximate surface area is 192 Å². The average molecular weight is 455 g/mol. The molecule has 32 heavy (non-hydrogen) atoms. The molecule has 2 aromatic heterocycles. The van der Waals surface area contributed by atoms with Crippen LogP contribution in [0.2, 0.25) is 0 Å². The standard InChI is InChI=1S/C24H30N4O3S/c1-15-17(19-11-12-25-28(19)5)14-32-20(15)22(29)26-18(13-16-9-7-6-8-10-16)21(24(2,3)4)27-23(30)31/h6-12,14,18,21,27H,13H2,1-5H3,(H,26,29)(H,30,31). The van der Waals surface area contributed by atoms with Gasteiger partial charge >= 0.3 is 6.09 Å². The number of carbonyl (C=O) groups is 2.